The number of pyridine rings is 1. The predicted octanol–water partition coefficient (Wildman–Crippen LogP) is 2.19. The normalized spacial score (nSPS) is 26.1. The van der Waals surface area contributed by atoms with Gasteiger partial charge in [-0.2, -0.15) is 5.10 Å². The van der Waals surface area contributed by atoms with Crippen LogP contribution in [0.3, 0.4) is 0 Å². The lowest BCUT2D eigenvalue weighted by Gasteiger charge is -2.37. The second kappa shape index (κ2) is 6.36. The fraction of sp³-hybridized carbons (Fsp3) is 0.500. The number of carbonyl (C=O) groups is 1. The summed E-state index contributed by atoms with van der Waals surface area (Å²) in [6.45, 7) is 1.59. The van der Waals surface area contributed by atoms with Gasteiger partial charge in [-0.3, -0.25) is 14.5 Å². The van der Waals surface area contributed by atoms with Crippen LogP contribution in [0, 0.1) is 5.41 Å². The van der Waals surface area contributed by atoms with E-state index in [4.69, 9.17) is 0 Å². The Labute approximate surface area is 141 Å². The summed E-state index contributed by atoms with van der Waals surface area (Å²) >= 11 is 0. The summed E-state index contributed by atoms with van der Waals surface area (Å²) in [6.07, 6.45) is 12.6. The van der Waals surface area contributed by atoms with Crippen molar-refractivity contribution in [2.75, 3.05) is 11.9 Å². The van der Waals surface area contributed by atoms with Crippen LogP contribution in [0.2, 0.25) is 0 Å². The van der Waals surface area contributed by atoms with E-state index in [2.05, 4.69) is 20.7 Å². The molecule has 0 unspecified atom stereocenters. The molecule has 6 nitrogen and oxygen atoms in total. The lowest BCUT2D eigenvalue weighted by molar-refractivity contribution is -0.127. The van der Waals surface area contributed by atoms with Gasteiger partial charge in [0.05, 0.1) is 23.8 Å². The molecule has 2 aromatic rings. The number of hydrogen-bond donors (Lipinski definition) is 2. The Hall–Kier alpha value is -2.21. The summed E-state index contributed by atoms with van der Waals surface area (Å²) in [4.78, 5) is 17.1. The molecule has 4 rings (SSSR count). The fourth-order valence-corrected chi connectivity index (χ4v) is 4.14. The fourth-order valence-electron chi connectivity index (χ4n) is 4.14. The van der Waals surface area contributed by atoms with E-state index >= 15 is 0 Å². The highest BCUT2D eigenvalue weighted by atomic mass is 16.2. The van der Waals surface area contributed by atoms with Crippen molar-refractivity contribution in [2.24, 2.45) is 5.41 Å². The van der Waals surface area contributed by atoms with Crippen molar-refractivity contribution in [1.29, 1.82) is 0 Å². The molecule has 0 spiro atoms. The van der Waals surface area contributed by atoms with Gasteiger partial charge in [0.25, 0.3) is 0 Å². The molecule has 1 saturated heterocycles. The second-order valence-electron chi connectivity index (χ2n) is 6.90. The standard InChI is InChI=1S/C18H23N5O/c24-17(18-6-2-1-5-16(18)20-9-7-18)22-15-11-21-23(13-15)12-14-4-3-8-19-10-14/h3-4,8,10-11,13,16,20H,1-2,5-7,9,12H2,(H,22,24)/t16-,18+/m0/s1. The molecule has 1 aliphatic carbocycles. The van der Waals surface area contributed by atoms with Crippen molar-refractivity contribution >= 4 is 11.6 Å². The summed E-state index contributed by atoms with van der Waals surface area (Å²) in [5.41, 5.74) is 1.63. The number of anilines is 1. The molecule has 126 valence electrons. The molecule has 2 aliphatic rings. The Kier molecular flexibility index (Phi) is 4.06. The summed E-state index contributed by atoms with van der Waals surface area (Å²) < 4.78 is 1.83. The Morgan fingerprint density at radius 3 is 3.21 bits per heavy atom. The van der Waals surface area contributed by atoms with E-state index in [1.54, 1.807) is 12.4 Å². The summed E-state index contributed by atoms with van der Waals surface area (Å²) in [5, 5.41) is 11.0. The maximum atomic E-state index is 12.9. The van der Waals surface area contributed by atoms with E-state index in [-0.39, 0.29) is 11.3 Å². The van der Waals surface area contributed by atoms with Crippen molar-refractivity contribution < 1.29 is 4.79 Å². The number of nitrogens with zero attached hydrogens (tertiary/aromatic N) is 3. The Morgan fingerprint density at radius 1 is 1.38 bits per heavy atom. The van der Waals surface area contributed by atoms with Gasteiger partial charge in [0.2, 0.25) is 5.91 Å². The first kappa shape index (κ1) is 15.3. The van der Waals surface area contributed by atoms with E-state index in [0.717, 1.165) is 43.5 Å². The van der Waals surface area contributed by atoms with Crippen LogP contribution in [-0.2, 0) is 11.3 Å². The molecule has 2 N–H and O–H groups in total. The van der Waals surface area contributed by atoms with Crippen LogP contribution in [0.4, 0.5) is 5.69 Å². The third-order valence-corrected chi connectivity index (χ3v) is 5.41. The van der Waals surface area contributed by atoms with Gasteiger partial charge in [-0.1, -0.05) is 18.9 Å². The van der Waals surface area contributed by atoms with E-state index in [0.29, 0.717) is 12.6 Å². The molecule has 2 fully saturated rings. The summed E-state index contributed by atoms with van der Waals surface area (Å²) in [5.74, 6) is 0.151. The Morgan fingerprint density at radius 2 is 2.33 bits per heavy atom. The third kappa shape index (κ3) is 2.82. The van der Waals surface area contributed by atoms with Crippen LogP contribution in [0.25, 0.3) is 0 Å². The van der Waals surface area contributed by atoms with Crippen molar-refractivity contribution in [1.82, 2.24) is 20.1 Å². The zero-order chi connectivity index (χ0) is 16.4. The number of rotatable bonds is 4. The van der Waals surface area contributed by atoms with E-state index in [9.17, 15) is 4.79 Å². The van der Waals surface area contributed by atoms with Gasteiger partial charge < -0.3 is 10.6 Å². The minimum absolute atomic E-state index is 0.151. The van der Waals surface area contributed by atoms with Crippen LogP contribution < -0.4 is 10.6 Å². The van der Waals surface area contributed by atoms with Gasteiger partial charge >= 0.3 is 0 Å². The number of aromatic nitrogens is 3. The van der Waals surface area contributed by atoms with Crippen LogP contribution >= 0.6 is 0 Å². The van der Waals surface area contributed by atoms with Crippen molar-refractivity contribution in [3.8, 4) is 0 Å². The molecule has 1 saturated carbocycles. The SMILES string of the molecule is O=C(Nc1cnn(Cc2cccnc2)c1)[C@@]12CCCC[C@@H]1NCC2. The van der Waals surface area contributed by atoms with E-state index < -0.39 is 0 Å². The summed E-state index contributed by atoms with van der Waals surface area (Å²) in [6, 6.07) is 4.26. The van der Waals surface area contributed by atoms with E-state index in [1.165, 1.54) is 6.42 Å². The summed E-state index contributed by atoms with van der Waals surface area (Å²) in [7, 11) is 0. The Bertz CT molecular complexity index is 713. The number of hydrogen-bond acceptors (Lipinski definition) is 4. The largest absolute Gasteiger partial charge is 0.323 e. The van der Waals surface area contributed by atoms with Gasteiger partial charge in [0.1, 0.15) is 0 Å². The maximum Gasteiger partial charge on any atom is 0.232 e. The third-order valence-electron chi connectivity index (χ3n) is 5.41. The molecule has 2 aromatic heterocycles. The molecule has 1 aliphatic heterocycles. The van der Waals surface area contributed by atoms with Crippen molar-refractivity contribution in [3.63, 3.8) is 0 Å². The Balaban J connectivity index is 1.45. The van der Waals surface area contributed by atoms with Crippen LogP contribution in [-0.4, -0.2) is 33.3 Å². The first-order valence-corrected chi connectivity index (χ1v) is 8.72. The zero-order valence-corrected chi connectivity index (χ0v) is 13.7. The number of fused-ring (bicyclic) bond motifs is 1. The zero-order valence-electron chi connectivity index (χ0n) is 13.7. The molecule has 24 heavy (non-hydrogen) atoms. The predicted molar refractivity (Wildman–Crippen MR) is 91.5 cm³/mol. The minimum Gasteiger partial charge on any atom is -0.323 e. The number of carbonyl (C=O) groups excluding carboxylic acids is 1. The van der Waals surface area contributed by atoms with Crippen molar-refractivity contribution in [2.45, 2.75) is 44.7 Å². The maximum absolute atomic E-state index is 12.9. The number of amides is 1. The van der Waals surface area contributed by atoms with Crippen molar-refractivity contribution in [3.05, 3.63) is 42.5 Å². The molecule has 0 radical (unpaired) electrons. The smallest absolute Gasteiger partial charge is 0.232 e. The number of nitrogens with one attached hydrogen (secondary N) is 2. The molecular formula is C18H23N5O. The highest BCUT2D eigenvalue weighted by Gasteiger charge is 2.49. The monoisotopic (exact) mass is 325 g/mol. The van der Waals surface area contributed by atoms with Crippen LogP contribution in [0.1, 0.15) is 37.7 Å². The van der Waals surface area contributed by atoms with Gasteiger partial charge in [-0.05, 0) is 37.4 Å². The minimum atomic E-state index is -0.232. The average Bonchev–Trinajstić information content (AvgIpc) is 3.23. The van der Waals surface area contributed by atoms with Gasteiger partial charge in [0, 0.05) is 24.6 Å². The molecule has 2 atom stereocenters. The highest BCUT2D eigenvalue weighted by Crippen LogP contribution is 2.43. The first-order chi connectivity index (χ1) is 11.8. The van der Waals surface area contributed by atoms with Gasteiger partial charge in [-0.25, -0.2) is 0 Å². The highest BCUT2D eigenvalue weighted by molar-refractivity contribution is 5.96. The molecule has 3 heterocycles. The lowest BCUT2D eigenvalue weighted by atomic mass is 9.70. The lowest BCUT2D eigenvalue weighted by Crippen LogP contribution is -2.47. The first-order valence-electron chi connectivity index (χ1n) is 8.72. The topological polar surface area (TPSA) is 71.8 Å². The van der Waals surface area contributed by atoms with Gasteiger partial charge in [-0.15, -0.1) is 0 Å². The molecular weight excluding hydrogens is 302 g/mol. The molecule has 6 heteroatoms. The average molecular weight is 325 g/mol. The molecule has 0 bridgehead atoms. The molecule has 0 aromatic carbocycles. The van der Waals surface area contributed by atoms with E-state index in [1.807, 2.05) is 29.2 Å². The quantitative estimate of drug-likeness (QED) is 0.904. The van der Waals surface area contributed by atoms with Gasteiger partial charge in [0.15, 0.2) is 0 Å². The molecule has 1 amide bonds. The second-order valence-corrected chi connectivity index (χ2v) is 6.90. The van der Waals surface area contributed by atoms with Crippen LogP contribution in [0.5, 0.6) is 0 Å². The van der Waals surface area contributed by atoms with Crippen LogP contribution in [0.15, 0.2) is 36.9 Å².